The van der Waals surface area contributed by atoms with Crippen LogP contribution in [0.2, 0.25) is 0 Å². The molecule has 3 heteroatoms. The average molecular weight is 133 g/mol. The third-order valence-corrected chi connectivity index (χ3v) is 3.34. The highest BCUT2D eigenvalue weighted by atomic mass is 32.2. The van der Waals surface area contributed by atoms with E-state index in [1.165, 1.54) is 0 Å². The van der Waals surface area contributed by atoms with Crippen molar-refractivity contribution in [2.45, 2.75) is 12.8 Å². The Balaban J connectivity index is 2.35. The van der Waals surface area contributed by atoms with Gasteiger partial charge in [0.15, 0.2) is 0 Å². The summed E-state index contributed by atoms with van der Waals surface area (Å²) in [5, 5.41) is 7.84. The fraction of sp³-hybridized carbons (Fsp3) is 0.800. The van der Waals surface area contributed by atoms with Gasteiger partial charge in [-0.05, 0) is 12.8 Å². The number of hydrogen-bond donors (Lipinski definition) is 1. The first-order valence-corrected chi connectivity index (χ1v) is 4.27. The second-order valence-electron chi connectivity index (χ2n) is 1.87. The maximum atomic E-state index is 10.2. The average Bonchev–Trinajstić information content (AvgIpc) is 2.12. The van der Waals surface area contributed by atoms with Gasteiger partial charge in [-0.15, -0.1) is 0 Å². The molecule has 0 unspecified atom stereocenters. The van der Waals surface area contributed by atoms with Crippen LogP contribution >= 0.6 is 0 Å². The lowest BCUT2D eigenvalue weighted by molar-refractivity contribution is 0.221. The number of carbonyl (C=O) groups is 1. The topological polar surface area (TPSA) is 37.3 Å². The summed E-state index contributed by atoms with van der Waals surface area (Å²) >= 11 is 0. The minimum atomic E-state index is -0.581. The Morgan fingerprint density at radius 2 is 1.88 bits per heavy atom. The molecule has 0 aromatic carbocycles. The molecule has 2 nitrogen and oxygen atoms in total. The van der Waals surface area contributed by atoms with E-state index in [0.717, 1.165) is 24.3 Å². The van der Waals surface area contributed by atoms with Crippen molar-refractivity contribution < 1.29 is 9.90 Å². The highest BCUT2D eigenvalue weighted by molar-refractivity contribution is 8.10. The molecular formula is C5H9O2S+. The maximum absolute atomic E-state index is 10.2. The first kappa shape index (κ1) is 5.95. The molecular weight excluding hydrogens is 124 g/mol. The molecule has 1 rings (SSSR count). The number of hydrogen-bond acceptors (Lipinski definition) is 1. The van der Waals surface area contributed by atoms with Gasteiger partial charge in [0.25, 0.3) is 0 Å². The SMILES string of the molecule is O=C(O)[S+]1CCCC1. The van der Waals surface area contributed by atoms with Gasteiger partial charge in [-0.1, -0.05) is 0 Å². The van der Waals surface area contributed by atoms with Crippen LogP contribution in [0.25, 0.3) is 0 Å². The Morgan fingerprint density at radius 3 is 2.12 bits per heavy atom. The molecule has 1 heterocycles. The van der Waals surface area contributed by atoms with Gasteiger partial charge in [0.2, 0.25) is 0 Å². The summed E-state index contributed by atoms with van der Waals surface area (Å²) < 4.78 is 0. The van der Waals surface area contributed by atoms with Gasteiger partial charge in [0.05, 0.1) is 0 Å². The third kappa shape index (κ3) is 1.15. The molecule has 1 N–H and O–H groups in total. The van der Waals surface area contributed by atoms with E-state index in [4.69, 9.17) is 5.11 Å². The molecule has 0 aliphatic carbocycles. The smallest absolute Gasteiger partial charge is 0.441 e. The first-order chi connectivity index (χ1) is 3.80. The lowest BCUT2D eigenvalue weighted by Gasteiger charge is -1.85. The van der Waals surface area contributed by atoms with Crippen molar-refractivity contribution in [3.8, 4) is 0 Å². The van der Waals surface area contributed by atoms with Crippen LogP contribution in [0.15, 0.2) is 0 Å². The molecule has 0 atom stereocenters. The fourth-order valence-corrected chi connectivity index (χ4v) is 2.49. The summed E-state index contributed by atoms with van der Waals surface area (Å²) in [6.45, 7) is 0. The summed E-state index contributed by atoms with van der Waals surface area (Å²) in [7, 11) is -0.262. The number of carboxylic acid groups (broad SMARTS) is 1. The van der Waals surface area contributed by atoms with Gasteiger partial charge in [0.1, 0.15) is 22.4 Å². The van der Waals surface area contributed by atoms with Crippen LogP contribution in [0, 0.1) is 0 Å². The van der Waals surface area contributed by atoms with Crippen molar-refractivity contribution >= 4 is 16.2 Å². The van der Waals surface area contributed by atoms with Crippen LogP contribution in [-0.2, 0) is 10.9 Å². The molecule has 1 saturated heterocycles. The molecule has 1 fully saturated rings. The normalized spacial score (nSPS) is 21.5. The van der Waals surface area contributed by atoms with Crippen LogP contribution in [-0.4, -0.2) is 21.9 Å². The molecule has 0 saturated carbocycles. The molecule has 0 spiro atoms. The molecule has 1 aliphatic rings. The van der Waals surface area contributed by atoms with Gasteiger partial charge < -0.3 is 5.11 Å². The van der Waals surface area contributed by atoms with Crippen LogP contribution in [0.1, 0.15) is 12.8 Å². The van der Waals surface area contributed by atoms with Gasteiger partial charge in [-0.2, -0.15) is 4.79 Å². The standard InChI is InChI=1S/C5H8O2S/c6-5(7)8-3-1-2-4-8/h1-4H2/p+1. The lowest BCUT2D eigenvalue weighted by atomic mass is 10.4. The lowest BCUT2D eigenvalue weighted by Crippen LogP contribution is -2.13. The van der Waals surface area contributed by atoms with E-state index < -0.39 is 5.30 Å². The second-order valence-corrected chi connectivity index (χ2v) is 4.03. The Bertz CT molecular complexity index is 96.6. The number of rotatable bonds is 0. The Kier molecular flexibility index (Phi) is 1.78. The highest BCUT2D eigenvalue weighted by Crippen LogP contribution is 2.13. The van der Waals surface area contributed by atoms with Crippen molar-refractivity contribution in [2.24, 2.45) is 0 Å². The fourth-order valence-electron chi connectivity index (χ4n) is 0.829. The Hall–Kier alpha value is -0.180. The predicted octanol–water partition coefficient (Wildman–Crippen LogP) is 1.08. The van der Waals surface area contributed by atoms with Crippen molar-refractivity contribution in [1.29, 1.82) is 0 Å². The monoisotopic (exact) mass is 133 g/mol. The van der Waals surface area contributed by atoms with E-state index in [0.29, 0.717) is 0 Å². The third-order valence-electron chi connectivity index (χ3n) is 1.28. The van der Waals surface area contributed by atoms with Crippen molar-refractivity contribution in [3.63, 3.8) is 0 Å². The first-order valence-electron chi connectivity index (χ1n) is 2.71. The van der Waals surface area contributed by atoms with E-state index in [2.05, 4.69) is 0 Å². The molecule has 46 valence electrons. The van der Waals surface area contributed by atoms with Crippen molar-refractivity contribution in [2.75, 3.05) is 11.5 Å². The summed E-state index contributed by atoms with van der Waals surface area (Å²) in [5.41, 5.74) is 0. The second kappa shape index (κ2) is 2.40. The van der Waals surface area contributed by atoms with Gasteiger partial charge in [-0.25, -0.2) is 0 Å². The highest BCUT2D eigenvalue weighted by Gasteiger charge is 2.32. The van der Waals surface area contributed by atoms with E-state index >= 15 is 0 Å². The van der Waals surface area contributed by atoms with Crippen molar-refractivity contribution in [1.82, 2.24) is 0 Å². The minimum Gasteiger partial charge on any atom is -0.441 e. The largest absolute Gasteiger partial charge is 0.522 e. The maximum Gasteiger partial charge on any atom is 0.522 e. The van der Waals surface area contributed by atoms with Crippen LogP contribution < -0.4 is 0 Å². The molecule has 0 radical (unpaired) electrons. The predicted molar refractivity (Wildman–Crippen MR) is 34.4 cm³/mol. The molecule has 0 aromatic rings. The molecule has 0 aromatic heterocycles. The van der Waals surface area contributed by atoms with E-state index in [-0.39, 0.29) is 10.9 Å². The summed E-state index contributed by atoms with van der Waals surface area (Å²) in [6.07, 6.45) is 2.24. The van der Waals surface area contributed by atoms with Gasteiger partial charge in [0, 0.05) is 0 Å². The van der Waals surface area contributed by atoms with Crippen molar-refractivity contribution in [3.05, 3.63) is 0 Å². The van der Waals surface area contributed by atoms with Crippen LogP contribution in [0.4, 0.5) is 4.79 Å². The Morgan fingerprint density at radius 1 is 1.38 bits per heavy atom. The van der Waals surface area contributed by atoms with Gasteiger partial charge in [-0.3, -0.25) is 0 Å². The van der Waals surface area contributed by atoms with Gasteiger partial charge >= 0.3 is 5.30 Å². The van der Waals surface area contributed by atoms with Crippen LogP contribution in [0.5, 0.6) is 0 Å². The van der Waals surface area contributed by atoms with E-state index in [9.17, 15) is 4.79 Å². The minimum absolute atomic E-state index is 0.262. The molecule has 1 aliphatic heterocycles. The van der Waals surface area contributed by atoms with E-state index in [1.54, 1.807) is 0 Å². The summed E-state index contributed by atoms with van der Waals surface area (Å²) in [6, 6.07) is 0. The van der Waals surface area contributed by atoms with E-state index in [1.807, 2.05) is 0 Å². The molecule has 8 heavy (non-hydrogen) atoms. The van der Waals surface area contributed by atoms with Crippen LogP contribution in [0.3, 0.4) is 0 Å². The Labute approximate surface area is 51.2 Å². The zero-order chi connectivity index (χ0) is 5.98. The summed E-state index contributed by atoms with van der Waals surface area (Å²) in [5.74, 6) is 1.85. The molecule has 0 amide bonds. The zero-order valence-electron chi connectivity index (χ0n) is 4.59. The quantitative estimate of drug-likeness (QED) is 0.502. The summed E-state index contributed by atoms with van der Waals surface area (Å²) in [4.78, 5) is 10.2. The molecule has 0 bridgehead atoms. The zero-order valence-corrected chi connectivity index (χ0v) is 5.41.